The fourth-order valence-corrected chi connectivity index (χ4v) is 0.546. The number of amides is 3. The van der Waals surface area contributed by atoms with Gasteiger partial charge in [-0.3, -0.25) is 9.69 Å². The van der Waals surface area contributed by atoms with Crippen molar-refractivity contribution in [2.24, 2.45) is 0 Å². The Balaban J connectivity index is 3.92. The molecule has 0 aromatic carbocycles. The van der Waals surface area contributed by atoms with Crippen LogP contribution in [-0.4, -0.2) is 30.4 Å². The zero-order valence-corrected chi connectivity index (χ0v) is 6.75. The molecule has 65 valence electrons. The van der Waals surface area contributed by atoms with Crippen LogP contribution in [0.3, 0.4) is 0 Å². The van der Waals surface area contributed by atoms with Crippen LogP contribution in [0.1, 0.15) is 0 Å². The third-order valence-electron chi connectivity index (χ3n) is 1.06. The summed E-state index contributed by atoms with van der Waals surface area (Å²) in [4.78, 5) is 22.0. The molecule has 4 heteroatoms. The molecule has 0 heterocycles. The lowest BCUT2D eigenvalue weighted by Gasteiger charge is -2.11. The molecule has 0 aromatic heterocycles. The second-order valence-corrected chi connectivity index (χ2v) is 1.97. The van der Waals surface area contributed by atoms with E-state index in [4.69, 9.17) is 0 Å². The van der Waals surface area contributed by atoms with Crippen molar-refractivity contribution < 1.29 is 9.59 Å². The third-order valence-corrected chi connectivity index (χ3v) is 1.06. The quantitative estimate of drug-likeness (QED) is 0.477. The average Bonchev–Trinajstić information content (AvgIpc) is 2.10. The zero-order chi connectivity index (χ0) is 9.40. The van der Waals surface area contributed by atoms with Crippen molar-refractivity contribution in [2.75, 3.05) is 13.1 Å². The molecule has 3 amide bonds. The summed E-state index contributed by atoms with van der Waals surface area (Å²) >= 11 is 0. The molecule has 4 nitrogen and oxygen atoms in total. The summed E-state index contributed by atoms with van der Waals surface area (Å²) in [5, 5.41) is 2.43. The maximum atomic E-state index is 11.0. The largest absolute Gasteiger partial charge is 0.334 e. The van der Waals surface area contributed by atoms with Gasteiger partial charge in [-0.1, -0.05) is 12.2 Å². The molecular formula is C8H11N2O2. The smallest absolute Gasteiger partial charge is 0.325 e. The summed E-state index contributed by atoms with van der Waals surface area (Å²) in [6, 6.07) is -0.496. The molecule has 0 unspecified atom stereocenters. The Morgan fingerprint density at radius 2 is 2.17 bits per heavy atom. The number of hydrogen-bond acceptors (Lipinski definition) is 2. The fourth-order valence-electron chi connectivity index (χ4n) is 0.546. The molecule has 0 aliphatic rings. The molecule has 0 saturated carbocycles. The van der Waals surface area contributed by atoms with Crippen LogP contribution in [0.4, 0.5) is 4.79 Å². The van der Waals surface area contributed by atoms with Gasteiger partial charge in [-0.15, -0.1) is 13.2 Å². The second-order valence-electron chi connectivity index (χ2n) is 1.97. The molecule has 0 aliphatic carbocycles. The van der Waals surface area contributed by atoms with Gasteiger partial charge >= 0.3 is 12.4 Å². The number of rotatable bonds is 5. The first-order chi connectivity index (χ1) is 5.76. The number of nitrogens with one attached hydrogen (secondary N) is 1. The van der Waals surface area contributed by atoms with Gasteiger partial charge in [0.1, 0.15) is 0 Å². The van der Waals surface area contributed by atoms with Crippen LogP contribution in [0.5, 0.6) is 0 Å². The van der Waals surface area contributed by atoms with E-state index in [0.717, 1.165) is 4.90 Å². The van der Waals surface area contributed by atoms with Crippen molar-refractivity contribution in [3.05, 3.63) is 25.3 Å². The van der Waals surface area contributed by atoms with Gasteiger partial charge in [0.25, 0.3) is 0 Å². The van der Waals surface area contributed by atoms with E-state index >= 15 is 0 Å². The van der Waals surface area contributed by atoms with Crippen molar-refractivity contribution in [3.8, 4) is 0 Å². The predicted octanol–water partition coefficient (Wildman–Crippen LogP) is 0.437. The lowest BCUT2D eigenvalue weighted by molar-refractivity contribution is 0.223. The first-order valence-corrected chi connectivity index (χ1v) is 3.41. The predicted molar refractivity (Wildman–Crippen MR) is 46.2 cm³/mol. The summed E-state index contributed by atoms with van der Waals surface area (Å²) in [5.41, 5.74) is 0. The van der Waals surface area contributed by atoms with E-state index in [2.05, 4.69) is 18.5 Å². The average molecular weight is 167 g/mol. The van der Waals surface area contributed by atoms with Crippen LogP contribution in [0.25, 0.3) is 0 Å². The number of hydrogen-bond donors (Lipinski definition) is 1. The highest BCUT2D eigenvalue weighted by atomic mass is 16.2. The summed E-state index contributed by atoms with van der Waals surface area (Å²) in [6.07, 6.45) is 4.44. The van der Waals surface area contributed by atoms with E-state index in [-0.39, 0.29) is 6.54 Å². The van der Waals surface area contributed by atoms with Crippen molar-refractivity contribution >= 4 is 12.4 Å². The van der Waals surface area contributed by atoms with Crippen LogP contribution < -0.4 is 5.32 Å². The van der Waals surface area contributed by atoms with Gasteiger partial charge in [0.05, 0.1) is 0 Å². The van der Waals surface area contributed by atoms with Crippen LogP contribution in [0.15, 0.2) is 25.3 Å². The number of imide groups is 1. The van der Waals surface area contributed by atoms with Gasteiger partial charge in [-0.25, -0.2) is 4.79 Å². The normalized spacial score (nSPS) is 8.33. The summed E-state index contributed by atoms with van der Waals surface area (Å²) in [7, 11) is 0. The van der Waals surface area contributed by atoms with Crippen LogP contribution in [0.2, 0.25) is 0 Å². The van der Waals surface area contributed by atoms with Gasteiger partial charge in [-0.2, -0.15) is 0 Å². The van der Waals surface area contributed by atoms with Crippen LogP contribution in [0, 0.1) is 0 Å². The Labute approximate surface area is 71.5 Å². The van der Waals surface area contributed by atoms with Gasteiger partial charge in [0.15, 0.2) is 0 Å². The first kappa shape index (κ1) is 10.4. The van der Waals surface area contributed by atoms with Crippen molar-refractivity contribution in [1.82, 2.24) is 10.2 Å². The van der Waals surface area contributed by atoms with E-state index in [0.29, 0.717) is 6.54 Å². The summed E-state index contributed by atoms with van der Waals surface area (Å²) < 4.78 is 0. The number of nitrogens with zero attached hydrogens (tertiary/aromatic N) is 1. The topological polar surface area (TPSA) is 49.4 Å². The number of carbonyl (C=O) groups excluding carboxylic acids is 2. The summed E-state index contributed by atoms with van der Waals surface area (Å²) in [5.74, 6) is 0. The number of carbonyl (C=O) groups is 1. The van der Waals surface area contributed by atoms with E-state index in [9.17, 15) is 9.59 Å². The van der Waals surface area contributed by atoms with Gasteiger partial charge < -0.3 is 5.32 Å². The first-order valence-electron chi connectivity index (χ1n) is 3.41. The molecule has 1 N–H and O–H groups in total. The molecule has 0 spiro atoms. The molecule has 0 fully saturated rings. The minimum Gasteiger partial charge on any atom is -0.334 e. The summed E-state index contributed by atoms with van der Waals surface area (Å²) in [6.45, 7) is 7.29. The highest BCUT2D eigenvalue weighted by Gasteiger charge is 2.09. The Morgan fingerprint density at radius 1 is 1.50 bits per heavy atom. The highest BCUT2D eigenvalue weighted by Crippen LogP contribution is 1.84. The van der Waals surface area contributed by atoms with E-state index in [1.54, 1.807) is 0 Å². The van der Waals surface area contributed by atoms with Gasteiger partial charge in [-0.05, 0) is 0 Å². The van der Waals surface area contributed by atoms with E-state index in [1.807, 2.05) is 0 Å². The van der Waals surface area contributed by atoms with E-state index in [1.165, 1.54) is 18.6 Å². The Bertz CT molecular complexity index is 189. The molecule has 0 aliphatic heterocycles. The Hall–Kier alpha value is -1.58. The SMILES string of the molecule is C=CCNC(=O)N([C]=O)CC=C. The number of urea groups is 1. The van der Waals surface area contributed by atoms with Crippen molar-refractivity contribution in [3.63, 3.8) is 0 Å². The highest BCUT2D eigenvalue weighted by molar-refractivity contribution is 5.85. The standard InChI is InChI=1S/C8H11N2O2/c1-3-5-9-8(12)10(7-11)6-4-2/h3-4H,1-2,5-6H2,(H,9,12). The van der Waals surface area contributed by atoms with Gasteiger partial charge in [0.2, 0.25) is 0 Å². The molecule has 12 heavy (non-hydrogen) atoms. The molecule has 0 rings (SSSR count). The molecule has 0 bridgehead atoms. The second kappa shape index (κ2) is 6.15. The third kappa shape index (κ3) is 3.55. The maximum Gasteiger partial charge on any atom is 0.325 e. The van der Waals surface area contributed by atoms with Crippen molar-refractivity contribution in [1.29, 1.82) is 0 Å². The molecule has 0 saturated heterocycles. The zero-order valence-electron chi connectivity index (χ0n) is 6.75. The Morgan fingerprint density at radius 3 is 2.58 bits per heavy atom. The molecule has 1 radical (unpaired) electrons. The van der Waals surface area contributed by atoms with Crippen molar-refractivity contribution in [2.45, 2.75) is 0 Å². The molecule has 0 aromatic rings. The minimum absolute atomic E-state index is 0.159. The molecule has 0 atom stereocenters. The minimum atomic E-state index is -0.496. The van der Waals surface area contributed by atoms with E-state index < -0.39 is 6.03 Å². The maximum absolute atomic E-state index is 11.0. The Kier molecular flexibility index (Phi) is 5.34. The van der Waals surface area contributed by atoms with Gasteiger partial charge in [0, 0.05) is 13.1 Å². The monoisotopic (exact) mass is 167 g/mol. The lowest BCUT2D eigenvalue weighted by atomic mass is 10.5. The molecular weight excluding hydrogens is 156 g/mol. The van der Waals surface area contributed by atoms with Crippen LogP contribution >= 0.6 is 0 Å². The van der Waals surface area contributed by atoms with Crippen LogP contribution in [-0.2, 0) is 4.79 Å². The fraction of sp³-hybridized carbons (Fsp3) is 0.250. The lowest BCUT2D eigenvalue weighted by Crippen LogP contribution is -2.39.